The van der Waals surface area contributed by atoms with E-state index in [9.17, 15) is 18.8 Å². The number of nitrogens with zero attached hydrogens (tertiary/aromatic N) is 2. The summed E-state index contributed by atoms with van der Waals surface area (Å²) >= 11 is 0.956. The lowest BCUT2D eigenvalue weighted by atomic mass is 10.2. The fourth-order valence-corrected chi connectivity index (χ4v) is 3.13. The van der Waals surface area contributed by atoms with Crippen LogP contribution in [0.2, 0.25) is 0 Å². The van der Waals surface area contributed by atoms with Gasteiger partial charge in [0.15, 0.2) is 10.8 Å². The molecule has 0 saturated carbocycles. The van der Waals surface area contributed by atoms with Crippen LogP contribution >= 0.6 is 11.3 Å². The second-order valence-corrected chi connectivity index (χ2v) is 6.62. The highest BCUT2D eigenvalue weighted by molar-refractivity contribution is 7.20. The Hall–Kier alpha value is -3.86. The van der Waals surface area contributed by atoms with Gasteiger partial charge in [0.05, 0.1) is 0 Å². The van der Waals surface area contributed by atoms with Crippen LogP contribution in [0, 0.1) is 5.95 Å². The number of aromatic nitrogens is 2. The summed E-state index contributed by atoms with van der Waals surface area (Å²) in [5, 5.41) is 5.74. The van der Waals surface area contributed by atoms with Gasteiger partial charge >= 0.3 is 5.97 Å². The molecule has 11 heteroatoms. The maximum Gasteiger partial charge on any atom is 0.308 e. The van der Waals surface area contributed by atoms with E-state index < -0.39 is 23.7 Å². The number of thiazole rings is 1. The van der Waals surface area contributed by atoms with E-state index in [2.05, 4.69) is 20.6 Å². The minimum Gasteiger partial charge on any atom is -0.427 e. The van der Waals surface area contributed by atoms with Crippen molar-refractivity contribution in [2.24, 2.45) is 5.73 Å². The fraction of sp³-hybridized carbons (Fsp3) is 0.0556. The number of primary amides is 1. The Labute approximate surface area is 167 Å². The normalized spacial score (nSPS) is 10.3. The highest BCUT2D eigenvalue weighted by Gasteiger charge is 2.19. The summed E-state index contributed by atoms with van der Waals surface area (Å²) in [4.78, 5) is 42.6. The first-order valence-corrected chi connectivity index (χ1v) is 8.92. The summed E-state index contributed by atoms with van der Waals surface area (Å²) in [6.07, 6.45) is 1.27. The highest BCUT2D eigenvalue weighted by atomic mass is 32.1. The Kier molecular flexibility index (Phi) is 5.79. The van der Waals surface area contributed by atoms with Gasteiger partial charge in [0.25, 0.3) is 11.8 Å². The van der Waals surface area contributed by atoms with E-state index in [1.807, 2.05) is 0 Å². The van der Waals surface area contributed by atoms with Crippen LogP contribution in [-0.4, -0.2) is 27.8 Å². The van der Waals surface area contributed by atoms with E-state index in [1.54, 1.807) is 0 Å². The van der Waals surface area contributed by atoms with Gasteiger partial charge in [-0.15, -0.1) is 0 Å². The number of carbonyl (C=O) groups excluding carboxylic acids is 3. The molecule has 148 valence electrons. The van der Waals surface area contributed by atoms with Crippen molar-refractivity contribution in [3.8, 4) is 5.75 Å². The Bertz CT molecular complexity index is 1080. The van der Waals surface area contributed by atoms with Gasteiger partial charge < -0.3 is 21.1 Å². The van der Waals surface area contributed by atoms with Gasteiger partial charge in [0.1, 0.15) is 10.8 Å². The number of anilines is 3. The van der Waals surface area contributed by atoms with Crippen molar-refractivity contribution in [1.82, 2.24) is 9.97 Å². The number of hydrogen-bond donors (Lipinski definition) is 3. The Morgan fingerprint density at radius 2 is 1.90 bits per heavy atom. The molecule has 1 aromatic carbocycles. The van der Waals surface area contributed by atoms with Crippen molar-refractivity contribution in [3.05, 3.63) is 59.8 Å². The number of nitrogens with one attached hydrogen (secondary N) is 2. The summed E-state index contributed by atoms with van der Waals surface area (Å²) < 4.78 is 18.1. The third-order valence-corrected chi connectivity index (χ3v) is 4.33. The topological polar surface area (TPSA) is 136 Å². The monoisotopic (exact) mass is 415 g/mol. The van der Waals surface area contributed by atoms with Gasteiger partial charge in [0, 0.05) is 30.4 Å². The maximum atomic E-state index is 13.2. The minimum atomic E-state index is -0.837. The molecular formula is C18H14FN5O4S. The molecule has 0 spiro atoms. The smallest absolute Gasteiger partial charge is 0.308 e. The quantitative estimate of drug-likeness (QED) is 0.320. The molecule has 4 N–H and O–H groups in total. The van der Waals surface area contributed by atoms with Crippen LogP contribution in [0.1, 0.15) is 27.8 Å². The number of ether oxygens (including phenoxy) is 1. The first-order chi connectivity index (χ1) is 13.8. The average molecular weight is 415 g/mol. The summed E-state index contributed by atoms with van der Waals surface area (Å²) in [6.45, 7) is 1.27. The number of benzene rings is 1. The third-order valence-electron chi connectivity index (χ3n) is 3.44. The predicted molar refractivity (Wildman–Crippen MR) is 104 cm³/mol. The standard InChI is InChI=1S/C18H14FN5O4S/c1-9(25)28-12-4-2-10(3-5-12)16(27)24-17-14(15(20)26)23-18(29-17)22-11-6-7-21-13(19)8-11/h2-8H,1H3,(H2,20,26)(H,24,27)(H,21,22,23). The van der Waals surface area contributed by atoms with Crippen molar-refractivity contribution < 1.29 is 23.5 Å². The molecule has 29 heavy (non-hydrogen) atoms. The molecule has 2 aromatic heterocycles. The number of esters is 1. The highest BCUT2D eigenvalue weighted by Crippen LogP contribution is 2.31. The maximum absolute atomic E-state index is 13.2. The Balaban J connectivity index is 1.78. The molecule has 0 radical (unpaired) electrons. The van der Waals surface area contributed by atoms with Gasteiger partial charge in [-0.2, -0.15) is 4.39 Å². The van der Waals surface area contributed by atoms with Gasteiger partial charge in [-0.3, -0.25) is 14.4 Å². The van der Waals surface area contributed by atoms with Crippen LogP contribution in [0.3, 0.4) is 0 Å². The predicted octanol–water partition coefficient (Wildman–Crippen LogP) is 2.70. The summed E-state index contributed by atoms with van der Waals surface area (Å²) in [7, 11) is 0. The number of carbonyl (C=O) groups is 3. The van der Waals surface area contributed by atoms with Crippen LogP contribution in [0.4, 0.5) is 20.2 Å². The summed E-state index contributed by atoms with van der Waals surface area (Å²) in [5.41, 5.74) is 5.81. The molecule has 3 rings (SSSR count). The molecule has 0 bridgehead atoms. The molecule has 0 unspecified atom stereocenters. The first kappa shape index (κ1) is 19.9. The molecule has 0 atom stereocenters. The second-order valence-electron chi connectivity index (χ2n) is 5.63. The molecule has 0 saturated heterocycles. The van der Waals surface area contributed by atoms with Crippen LogP contribution in [-0.2, 0) is 4.79 Å². The molecular weight excluding hydrogens is 401 g/mol. The molecule has 2 amide bonds. The van der Waals surface area contributed by atoms with Crippen molar-refractivity contribution in [3.63, 3.8) is 0 Å². The van der Waals surface area contributed by atoms with E-state index in [1.165, 1.54) is 43.5 Å². The number of rotatable bonds is 6. The van der Waals surface area contributed by atoms with E-state index in [0.717, 1.165) is 17.4 Å². The lowest BCUT2D eigenvalue weighted by molar-refractivity contribution is -0.131. The van der Waals surface area contributed by atoms with Crippen LogP contribution in [0.25, 0.3) is 0 Å². The first-order valence-electron chi connectivity index (χ1n) is 8.11. The fourth-order valence-electron chi connectivity index (χ4n) is 2.24. The molecule has 0 fully saturated rings. The number of hydrogen-bond acceptors (Lipinski definition) is 8. The Morgan fingerprint density at radius 1 is 1.17 bits per heavy atom. The van der Waals surface area contributed by atoms with Crippen molar-refractivity contribution in [1.29, 1.82) is 0 Å². The minimum absolute atomic E-state index is 0.128. The largest absolute Gasteiger partial charge is 0.427 e. The van der Waals surface area contributed by atoms with E-state index in [4.69, 9.17) is 10.5 Å². The summed E-state index contributed by atoms with van der Waals surface area (Å²) in [5.74, 6) is -2.23. The lowest BCUT2D eigenvalue weighted by Gasteiger charge is -2.05. The number of halogens is 1. The van der Waals surface area contributed by atoms with Gasteiger partial charge in [0.2, 0.25) is 5.95 Å². The average Bonchev–Trinajstić information content (AvgIpc) is 3.04. The lowest BCUT2D eigenvalue weighted by Crippen LogP contribution is -2.17. The van der Waals surface area contributed by atoms with Crippen LogP contribution in [0.15, 0.2) is 42.6 Å². The zero-order valence-electron chi connectivity index (χ0n) is 14.9. The second kappa shape index (κ2) is 8.44. The molecule has 0 aliphatic carbocycles. The zero-order valence-corrected chi connectivity index (χ0v) is 15.7. The van der Waals surface area contributed by atoms with Crippen LogP contribution < -0.4 is 21.1 Å². The van der Waals surface area contributed by atoms with Gasteiger partial charge in [-0.1, -0.05) is 11.3 Å². The number of pyridine rings is 1. The Morgan fingerprint density at radius 3 is 2.52 bits per heavy atom. The van der Waals surface area contributed by atoms with E-state index in [-0.39, 0.29) is 21.4 Å². The van der Waals surface area contributed by atoms with Crippen molar-refractivity contribution in [2.75, 3.05) is 10.6 Å². The van der Waals surface area contributed by atoms with E-state index >= 15 is 0 Å². The number of nitrogens with two attached hydrogens (primary N) is 1. The SMILES string of the molecule is CC(=O)Oc1ccc(C(=O)Nc2sc(Nc3ccnc(F)c3)nc2C(N)=O)cc1. The van der Waals surface area contributed by atoms with Crippen LogP contribution in [0.5, 0.6) is 5.75 Å². The molecule has 0 aliphatic rings. The molecule has 2 heterocycles. The van der Waals surface area contributed by atoms with E-state index in [0.29, 0.717) is 11.4 Å². The van der Waals surface area contributed by atoms with Gasteiger partial charge in [-0.25, -0.2) is 9.97 Å². The van der Waals surface area contributed by atoms with Crippen molar-refractivity contribution in [2.45, 2.75) is 6.92 Å². The molecule has 0 aliphatic heterocycles. The van der Waals surface area contributed by atoms with Gasteiger partial charge in [-0.05, 0) is 30.3 Å². The molecule has 3 aromatic rings. The number of amides is 2. The third kappa shape index (κ3) is 5.11. The molecule has 9 nitrogen and oxygen atoms in total. The van der Waals surface area contributed by atoms with Crippen molar-refractivity contribution >= 4 is 44.9 Å². The zero-order chi connectivity index (χ0) is 21.0. The summed E-state index contributed by atoms with van der Waals surface area (Å²) in [6, 6.07) is 8.49.